The van der Waals surface area contributed by atoms with E-state index < -0.39 is 12.1 Å². The molecule has 0 aromatic rings. The molecule has 1 saturated heterocycles. The molecule has 1 N–H and O–H groups in total. The lowest BCUT2D eigenvalue weighted by Crippen LogP contribution is -2.64. The number of nitrogens with zero attached hydrogens (tertiary/aromatic N) is 1. The molecule has 94 valence electrons. The van der Waals surface area contributed by atoms with Crippen LogP contribution in [0.5, 0.6) is 0 Å². The largest absolute Gasteiger partial charge is 0.343 e. The van der Waals surface area contributed by atoms with Crippen molar-refractivity contribution in [3.8, 4) is 11.8 Å². The molecule has 0 bridgehead atoms. The van der Waals surface area contributed by atoms with E-state index in [0.29, 0.717) is 13.0 Å². The van der Waals surface area contributed by atoms with Gasteiger partial charge >= 0.3 is 0 Å². The second-order valence-corrected chi connectivity index (χ2v) is 4.55. The molecule has 0 aromatic heterocycles. The smallest absolute Gasteiger partial charge is 0.246 e. The summed E-state index contributed by atoms with van der Waals surface area (Å²) in [6.07, 6.45) is 0.617. The van der Waals surface area contributed by atoms with Gasteiger partial charge in [-0.3, -0.25) is 9.59 Å². The summed E-state index contributed by atoms with van der Waals surface area (Å²) in [4.78, 5) is 25.7. The molecule has 2 amide bonds. The molecule has 17 heavy (non-hydrogen) atoms. The van der Waals surface area contributed by atoms with Crippen LogP contribution in [0.2, 0.25) is 0 Å². The molecule has 1 aliphatic heterocycles. The fraction of sp³-hybridized carbons (Fsp3) is 0.692. The first-order valence-electron chi connectivity index (χ1n) is 6.03. The molecule has 0 radical (unpaired) electrons. The summed E-state index contributed by atoms with van der Waals surface area (Å²) in [5.74, 6) is 5.65. The summed E-state index contributed by atoms with van der Waals surface area (Å²) in [7, 11) is 0. The minimum absolute atomic E-state index is 0.0199. The molecule has 2 atom stereocenters. The van der Waals surface area contributed by atoms with Crippen LogP contribution in [0.4, 0.5) is 0 Å². The molecule has 1 heterocycles. The van der Waals surface area contributed by atoms with Crippen molar-refractivity contribution in [3.63, 3.8) is 0 Å². The second kappa shape index (κ2) is 5.72. The Kier molecular flexibility index (Phi) is 4.56. The minimum Gasteiger partial charge on any atom is -0.343 e. The predicted molar refractivity (Wildman–Crippen MR) is 66.0 cm³/mol. The van der Waals surface area contributed by atoms with Crippen LogP contribution in [-0.4, -0.2) is 35.3 Å². The Hall–Kier alpha value is -1.50. The number of amides is 2. The summed E-state index contributed by atoms with van der Waals surface area (Å²) < 4.78 is 0. The quantitative estimate of drug-likeness (QED) is 0.736. The Labute approximate surface area is 103 Å². The van der Waals surface area contributed by atoms with Gasteiger partial charge in [0.1, 0.15) is 12.1 Å². The van der Waals surface area contributed by atoms with Gasteiger partial charge in [-0.1, -0.05) is 26.7 Å². The highest BCUT2D eigenvalue weighted by atomic mass is 16.2. The molecule has 0 aliphatic carbocycles. The molecule has 4 nitrogen and oxygen atoms in total. The van der Waals surface area contributed by atoms with Crippen molar-refractivity contribution in [1.29, 1.82) is 0 Å². The van der Waals surface area contributed by atoms with E-state index >= 15 is 0 Å². The normalized spacial score (nSPS) is 24.4. The first-order valence-corrected chi connectivity index (χ1v) is 6.03. The van der Waals surface area contributed by atoms with E-state index in [2.05, 4.69) is 17.2 Å². The lowest BCUT2D eigenvalue weighted by atomic mass is 9.96. The highest BCUT2D eigenvalue weighted by Gasteiger charge is 2.40. The van der Waals surface area contributed by atoms with Gasteiger partial charge in [0.15, 0.2) is 0 Å². The average Bonchev–Trinajstić information content (AvgIpc) is 2.28. The van der Waals surface area contributed by atoms with Crippen LogP contribution < -0.4 is 5.32 Å². The highest BCUT2D eigenvalue weighted by Crippen LogP contribution is 2.18. The Morgan fingerprint density at radius 1 is 1.41 bits per heavy atom. The zero-order valence-corrected chi connectivity index (χ0v) is 10.9. The van der Waals surface area contributed by atoms with Crippen molar-refractivity contribution in [1.82, 2.24) is 10.2 Å². The van der Waals surface area contributed by atoms with Gasteiger partial charge in [-0.15, -0.1) is 5.92 Å². The van der Waals surface area contributed by atoms with E-state index in [-0.39, 0.29) is 17.7 Å². The van der Waals surface area contributed by atoms with E-state index in [0.717, 1.165) is 0 Å². The SMILES string of the molecule is CC#CCN1C(=O)C(CC)NC(=O)C1C(C)C. The molecular weight excluding hydrogens is 216 g/mol. The van der Waals surface area contributed by atoms with Crippen molar-refractivity contribution in [3.05, 3.63) is 0 Å². The van der Waals surface area contributed by atoms with Crippen LogP contribution >= 0.6 is 0 Å². The summed E-state index contributed by atoms with van der Waals surface area (Å²) >= 11 is 0. The molecule has 1 fully saturated rings. The second-order valence-electron chi connectivity index (χ2n) is 4.55. The fourth-order valence-electron chi connectivity index (χ4n) is 2.08. The van der Waals surface area contributed by atoms with Crippen molar-refractivity contribution in [2.45, 2.75) is 46.2 Å². The summed E-state index contributed by atoms with van der Waals surface area (Å²) in [6, 6.07) is -0.790. The fourth-order valence-corrected chi connectivity index (χ4v) is 2.08. The molecule has 4 heteroatoms. The topological polar surface area (TPSA) is 49.4 Å². The van der Waals surface area contributed by atoms with E-state index in [1.807, 2.05) is 20.8 Å². The zero-order chi connectivity index (χ0) is 13.0. The maximum atomic E-state index is 12.2. The Morgan fingerprint density at radius 2 is 2.06 bits per heavy atom. The molecule has 0 aromatic carbocycles. The Bertz CT molecular complexity index is 365. The van der Waals surface area contributed by atoms with Gasteiger partial charge in [0.25, 0.3) is 0 Å². The van der Waals surface area contributed by atoms with Crippen LogP contribution in [0.1, 0.15) is 34.1 Å². The third-order valence-electron chi connectivity index (χ3n) is 2.97. The first kappa shape index (κ1) is 13.6. The van der Waals surface area contributed by atoms with Gasteiger partial charge < -0.3 is 10.2 Å². The van der Waals surface area contributed by atoms with Crippen LogP contribution in [0.3, 0.4) is 0 Å². The number of nitrogens with one attached hydrogen (secondary N) is 1. The Balaban J connectivity index is 2.97. The molecule has 2 unspecified atom stereocenters. The van der Waals surface area contributed by atoms with Gasteiger partial charge in [0.2, 0.25) is 11.8 Å². The average molecular weight is 236 g/mol. The minimum atomic E-state index is -0.397. The van der Waals surface area contributed by atoms with Gasteiger partial charge in [0.05, 0.1) is 6.54 Å². The van der Waals surface area contributed by atoms with Crippen LogP contribution in [-0.2, 0) is 9.59 Å². The number of rotatable bonds is 3. The van der Waals surface area contributed by atoms with Crippen molar-refractivity contribution < 1.29 is 9.59 Å². The summed E-state index contributed by atoms with van der Waals surface area (Å²) in [6.45, 7) is 7.84. The lowest BCUT2D eigenvalue weighted by Gasteiger charge is -2.39. The highest BCUT2D eigenvalue weighted by molar-refractivity contribution is 5.97. The van der Waals surface area contributed by atoms with Crippen LogP contribution in [0, 0.1) is 17.8 Å². The number of hydrogen-bond donors (Lipinski definition) is 1. The van der Waals surface area contributed by atoms with Crippen molar-refractivity contribution >= 4 is 11.8 Å². The Morgan fingerprint density at radius 3 is 2.53 bits per heavy atom. The van der Waals surface area contributed by atoms with E-state index in [1.165, 1.54) is 0 Å². The van der Waals surface area contributed by atoms with Gasteiger partial charge in [-0.05, 0) is 19.3 Å². The maximum Gasteiger partial charge on any atom is 0.246 e. The maximum absolute atomic E-state index is 12.2. The molecule has 1 aliphatic rings. The summed E-state index contributed by atoms with van der Waals surface area (Å²) in [5, 5.41) is 2.78. The zero-order valence-electron chi connectivity index (χ0n) is 10.9. The van der Waals surface area contributed by atoms with Gasteiger partial charge in [-0.25, -0.2) is 0 Å². The third kappa shape index (κ3) is 2.79. The van der Waals surface area contributed by atoms with Crippen LogP contribution in [0.25, 0.3) is 0 Å². The summed E-state index contributed by atoms with van der Waals surface area (Å²) in [5.41, 5.74) is 0. The predicted octanol–water partition coefficient (Wildman–Crippen LogP) is 0.771. The monoisotopic (exact) mass is 236 g/mol. The molecule has 0 spiro atoms. The standard InChI is InChI=1S/C13H20N2O2/c1-5-7-8-15-11(9(3)4)12(16)14-10(6-2)13(15)17/h9-11H,6,8H2,1-4H3,(H,14,16). The van der Waals surface area contributed by atoms with Gasteiger partial charge in [-0.2, -0.15) is 0 Å². The van der Waals surface area contributed by atoms with E-state index in [9.17, 15) is 9.59 Å². The van der Waals surface area contributed by atoms with Crippen LogP contribution in [0.15, 0.2) is 0 Å². The van der Waals surface area contributed by atoms with Gasteiger partial charge in [0, 0.05) is 0 Å². The number of carbonyl (C=O) groups is 2. The number of hydrogen-bond acceptors (Lipinski definition) is 2. The van der Waals surface area contributed by atoms with Crippen molar-refractivity contribution in [2.24, 2.45) is 5.92 Å². The third-order valence-corrected chi connectivity index (χ3v) is 2.97. The van der Waals surface area contributed by atoms with Crippen molar-refractivity contribution in [2.75, 3.05) is 6.54 Å². The van der Waals surface area contributed by atoms with E-state index in [1.54, 1.807) is 11.8 Å². The lowest BCUT2D eigenvalue weighted by molar-refractivity contribution is -0.150. The number of piperazine rings is 1. The molecule has 1 rings (SSSR count). The molecular formula is C13H20N2O2. The number of carbonyl (C=O) groups excluding carboxylic acids is 2. The van der Waals surface area contributed by atoms with E-state index in [4.69, 9.17) is 0 Å². The first-order chi connectivity index (χ1) is 8.02. The molecule has 0 saturated carbocycles.